The maximum Gasteiger partial charge on any atom is 0.410 e. The molecule has 0 heterocycles. The lowest BCUT2D eigenvalue weighted by molar-refractivity contribution is 0.00196. The predicted octanol–water partition coefficient (Wildman–Crippen LogP) is 6.06. The monoisotopic (exact) mass is 493 g/mol. The summed E-state index contributed by atoms with van der Waals surface area (Å²) in [5.41, 5.74) is 3.89. The van der Waals surface area contributed by atoms with Gasteiger partial charge in [0.25, 0.3) is 0 Å². The smallest absolute Gasteiger partial charge is 0.410 e. The van der Waals surface area contributed by atoms with E-state index in [0.29, 0.717) is 10.6 Å². The number of aryl methyl sites for hydroxylation is 1. The molecule has 0 radical (unpaired) electrons. The van der Waals surface area contributed by atoms with Gasteiger partial charge in [-0.1, -0.05) is 57.9 Å². The zero-order valence-electron chi connectivity index (χ0n) is 17.7. The highest BCUT2D eigenvalue weighted by atomic mass is 79.9. The Hall–Kier alpha value is -1.56. The number of amides is 1. The normalized spacial score (nSPS) is 17.2. The molecule has 1 aliphatic carbocycles. The van der Waals surface area contributed by atoms with Crippen LogP contribution in [0.3, 0.4) is 0 Å². The summed E-state index contributed by atoms with van der Waals surface area (Å²) in [5, 5.41) is 12.2. The lowest BCUT2D eigenvalue weighted by atomic mass is 9.86. The standard InChI is InChI=1S/C24H29BrClNO3/c1-24(2,3)30-23(29)27(15-22(28)18-5-4-6-20(26)12-18)21-10-9-17-8-7-16(14-25)11-19(17)13-21/h4-8,11-12,21-22,28H,9-10,13-15H2,1-3H3/t21-,22-/m0/s1. The second-order valence-corrected chi connectivity index (χ2v) is 9.83. The number of ether oxygens (including phenoxy) is 1. The largest absolute Gasteiger partial charge is 0.444 e. The van der Waals surface area contributed by atoms with E-state index in [1.165, 1.54) is 16.7 Å². The average molecular weight is 495 g/mol. The summed E-state index contributed by atoms with van der Waals surface area (Å²) < 4.78 is 5.69. The van der Waals surface area contributed by atoms with Gasteiger partial charge in [-0.25, -0.2) is 4.79 Å². The summed E-state index contributed by atoms with van der Waals surface area (Å²) in [6, 6.07) is 13.6. The van der Waals surface area contributed by atoms with Crippen molar-refractivity contribution in [2.24, 2.45) is 0 Å². The second-order valence-electron chi connectivity index (χ2n) is 8.84. The molecule has 6 heteroatoms. The molecule has 0 bridgehead atoms. The summed E-state index contributed by atoms with van der Waals surface area (Å²) in [6.45, 7) is 5.73. The van der Waals surface area contributed by atoms with Gasteiger partial charge < -0.3 is 14.7 Å². The van der Waals surface area contributed by atoms with Crippen LogP contribution in [0.25, 0.3) is 0 Å². The van der Waals surface area contributed by atoms with Crippen molar-refractivity contribution in [3.8, 4) is 0 Å². The summed E-state index contributed by atoms with van der Waals surface area (Å²) in [7, 11) is 0. The van der Waals surface area contributed by atoms with Gasteiger partial charge in [0.05, 0.1) is 12.6 Å². The van der Waals surface area contributed by atoms with Crippen molar-refractivity contribution in [1.29, 1.82) is 0 Å². The fourth-order valence-electron chi connectivity index (χ4n) is 3.84. The number of hydrogen-bond acceptors (Lipinski definition) is 3. The molecular formula is C24H29BrClNO3. The van der Waals surface area contributed by atoms with Crippen molar-refractivity contribution in [1.82, 2.24) is 4.90 Å². The highest BCUT2D eigenvalue weighted by molar-refractivity contribution is 9.08. The molecular weight excluding hydrogens is 466 g/mol. The topological polar surface area (TPSA) is 49.8 Å². The molecule has 0 aliphatic heterocycles. The number of nitrogens with zero attached hydrogens (tertiary/aromatic N) is 1. The third kappa shape index (κ3) is 5.99. The van der Waals surface area contributed by atoms with Crippen LogP contribution in [0.2, 0.25) is 5.02 Å². The van der Waals surface area contributed by atoms with E-state index in [4.69, 9.17) is 16.3 Å². The van der Waals surface area contributed by atoms with Gasteiger partial charge in [-0.15, -0.1) is 0 Å². The van der Waals surface area contributed by atoms with Crippen LogP contribution in [0.5, 0.6) is 0 Å². The van der Waals surface area contributed by atoms with Gasteiger partial charge in [0.2, 0.25) is 0 Å². The molecule has 0 aromatic heterocycles. The Morgan fingerprint density at radius 2 is 2.03 bits per heavy atom. The maximum atomic E-state index is 13.1. The van der Waals surface area contributed by atoms with Gasteiger partial charge in [0, 0.05) is 16.4 Å². The molecule has 0 saturated heterocycles. The predicted molar refractivity (Wildman–Crippen MR) is 124 cm³/mol. The van der Waals surface area contributed by atoms with Crippen molar-refractivity contribution in [3.63, 3.8) is 0 Å². The maximum absolute atomic E-state index is 13.1. The molecule has 0 saturated carbocycles. The van der Waals surface area contributed by atoms with E-state index >= 15 is 0 Å². The summed E-state index contributed by atoms with van der Waals surface area (Å²) in [5.74, 6) is 0. The number of halogens is 2. The molecule has 1 amide bonds. The Morgan fingerprint density at radius 1 is 1.27 bits per heavy atom. The van der Waals surface area contributed by atoms with Crippen LogP contribution in [-0.4, -0.2) is 34.3 Å². The number of fused-ring (bicyclic) bond motifs is 1. The van der Waals surface area contributed by atoms with Gasteiger partial charge in [0.1, 0.15) is 5.60 Å². The van der Waals surface area contributed by atoms with Crippen LogP contribution < -0.4 is 0 Å². The Balaban J connectivity index is 1.84. The van der Waals surface area contributed by atoms with E-state index < -0.39 is 17.8 Å². The van der Waals surface area contributed by atoms with Crippen LogP contribution >= 0.6 is 27.5 Å². The van der Waals surface area contributed by atoms with Gasteiger partial charge in [-0.05, 0) is 74.4 Å². The summed E-state index contributed by atoms with van der Waals surface area (Å²) >= 11 is 9.61. The van der Waals surface area contributed by atoms with E-state index in [0.717, 1.165) is 24.6 Å². The lowest BCUT2D eigenvalue weighted by Crippen LogP contribution is -2.47. The lowest BCUT2D eigenvalue weighted by Gasteiger charge is -2.37. The third-order valence-electron chi connectivity index (χ3n) is 5.30. The van der Waals surface area contributed by atoms with Gasteiger partial charge >= 0.3 is 6.09 Å². The number of carbonyl (C=O) groups is 1. The first-order valence-electron chi connectivity index (χ1n) is 10.3. The fourth-order valence-corrected chi connectivity index (χ4v) is 4.39. The first-order valence-corrected chi connectivity index (χ1v) is 11.8. The minimum atomic E-state index is -0.841. The molecule has 30 heavy (non-hydrogen) atoms. The molecule has 3 rings (SSSR count). The van der Waals surface area contributed by atoms with Crippen LogP contribution in [0, 0.1) is 0 Å². The van der Waals surface area contributed by atoms with Crippen molar-refractivity contribution >= 4 is 33.6 Å². The Kier molecular flexibility index (Phi) is 7.48. The van der Waals surface area contributed by atoms with Crippen molar-refractivity contribution in [2.45, 2.75) is 63.1 Å². The quantitative estimate of drug-likeness (QED) is 0.514. The first kappa shape index (κ1) is 23.1. The highest BCUT2D eigenvalue weighted by Crippen LogP contribution is 2.29. The van der Waals surface area contributed by atoms with E-state index in [1.807, 2.05) is 26.8 Å². The molecule has 0 fully saturated rings. The number of aliphatic hydroxyl groups is 1. The van der Waals surface area contributed by atoms with E-state index in [2.05, 4.69) is 34.1 Å². The number of benzene rings is 2. The minimum Gasteiger partial charge on any atom is -0.444 e. The number of alkyl halides is 1. The van der Waals surface area contributed by atoms with E-state index in [9.17, 15) is 9.90 Å². The Bertz CT molecular complexity index is 896. The average Bonchev–Trinajstić information content (AvgIpc) is 2.69. The minimum absolute atomic E-state index is 0.0354. The molecule has 2 aromatic rings. The molecule has 2 atom stereocenters. The number of carbonyl (C=O) groups excluding carboxylic acids is 1. The molecule has 2 aromatic carbocycles. The van der Waals surface area contributed by atoms with E-state index in [-0.39, 0.29) is 12.6 Å². The number of aliphatic hydroxyl groups excluding tert-OH is 1. The second kappa shape index (κ2) is 9.71. The van der Waals surface area contributed by atoms with Crippen LogP contribution in [0.15, 0.2) is 42.5 Å². The first-order chi connectivity index (χ1) is 14.2. The number of hydrogen-bond donors (Lipinski definition) is 1. The molecule has 0 spiro atoms. The molecule has 0 unspecified atom stereocenters. The fraction of sp³-hybridized carbons (Fsp3) is 0.458. The molecule has 162 valence electrons. The van der Waals surface area contributed by atoms with E-state index in [1.54, 1.807) is 23.1 Å². The summed E-state index contributed by atoms with van der Waals surface area (Å²) in [6.07, 6.45) is 1.25. The molecule has 1 N–H and O–H groups in total. The van der Waals surface area contributed by atoms with Crippen LogP contribution in [0.4, 0.5) is 4.79 Å². The van der Waals surface area contributed by atoms with Crippen LogP contribution in [-0.2, 0) is 22.9 Å². The third-order valence-corrected chi connectivity index (χ3v) is 6.18. The van der Waals surface area contributed by atoms with Crippen molar-refractivity contribution in [2.75, 3.05) is 6.54 Å². The zero-order chi connectivity index (χ0) is 21.9. The summed E-state index contributed by atoms with van der Waals surface area (Å²) in [4.78, 5) is 14.8. The Morgan fingerprint density at radius 3 is 2.70 bits per heavy atom. The molecule has 1 aliphatic rings. The molecule has 4 nitrogen and oxygen atoms in total. The zero-order valence-corrected chi connectivity index (χ0v) is 20.0. The van der Waals surface area contributed by atoms with Crippen molar-refractivity contribution < 1.29 is 14.6 Å². The highest BCUT2D eigenvalue weighted by Gasteiger charge is 2.32. The SMILES string of the molecule is CC(C)(C)OC(=O)N(C[C@H](O)c1cccc(Cl)c1)[C@H]1CCc2ccc(CBr)cc2C1. The van der Waals surface area contributed by atoms with Gasteiger partial charge in [0.15, 0.2) is 0 Å². The Labute approximate surface area is 192 Å². The van der Waals surface area contributed by atoms with Gasteiger partial charge in [-0.3, -0.25) is 0 Å². The number of rotatable bonds is 5. The van der Waals surface area contributed by atoms with Crippen LogP contribution in [0.1, 0.15) is 55.5 Å². The van der Waals surface area contributed by atoms with Crippen molar-refractivity contribution in [3.05, 3.63) is 69.7 Å². The van der Waals surface area contributed by atoms with Gasteiger partial charge in [-0.2, -0.15) is 0 Å².